The van der Waals surface area contributed by atoms with Gasteiger partial charge in [0, 0.05) is 17.5 Å². The Balaban J connectivity index is 1.39. The zero-order valence-electron chi connectivity index (χ0n) is 21.8. The molecule has 1 aromatic carbocycles. The Labute approximate surface area is 229 Å². The van der Waals surface area contributed by atoms with E-state index in [1.165, 1.54) is 23.1 Å². The maximum atomic E-state index is 13.1. The second kappa shape index (κ2) is 12.4. The number of anilines is 1. The first-order chi connectivity index (χ1) is 18.3. The highest BCUT2D eigenvalue weighted by atomic mass is 32.2. The number of fused-ring (bicyclic) bond motifs is 1. The van der Waals surface area contributed by atoms with Gasteiger partial charge in [-0.15, -0.1) is 21.5 Å². The molecule has 12 heteroatoms. The highest BCUT2D eigenvalue weighted by Crippen LogP contribution is 2.39. The minimum Gasteiger partial charge on any atom is -0.497 e. The number of carbonyl (C=O) groups is 3. The Morgan fingerprint density at radius 2 is 2.00 bits per heavy atom. The number of aryl methyl sites for hydroxylation is 1. The molecule has 0 fully saturated rings. The summed E-state index contributed by atoms with van der Waals surface area (Å²) in [7, 11) is 3.33. The summed E-state index contributed by atoms with van der Waals surface area (Å²) >= 11 is 2.71. The summed E-state index contributed by atoms with van der Waals surface area (Å²) in [4.78, 5) is 39.5. The minimum atomic E-state index is -0.508. The lowest BCUT2D eigenvalue weighted by Gasteiger charge is -2.13. The van der Waals surface area contributed by atoms with E-state index in [0.717, 1.165) is 36.1 Å². The first kappa shape index (κ1) is 27.6. The van der Waals surface area contributed by atoms with Crippen LogP contribution in [0.4, 0.5) is 5.00 Å². The van der Waals surface area contributed by atoms with Gasteiger partial charge >= 0.3 is 5.97 Å². The van der Waals surface area contributed by atoms with Crippen molar-refractivity contribution in [3.05, 3.63) is 51.7 Å². The Kier molecular flexibility index (Phi) is 9.05. The normalized spacial score (nSPS) is 13.4. The van der Waals surface area contributed by atoms with E-state index >= 15 is 0 Å². The monoisotopic (exact) mass is 557 g/mol. The van der Waals surface area contributed by atoms with E-state index in [1.807, 2.05) is 0 Å². The lowest BCUT2D eigenvalue weighted by molar-refractivity contribution is -0.115. The van der Waals surface area contributed by atoms with Crippen molar-refractivity contribution in [1.29, 1.82) is 0 Å². The van der Waals surface area contributed by atoms with Crippen molar-refractivity contribution in [2.75, 3.05) is 19.0 Å². The van der Waals surface area contributed by atoms with Crippen LogP contribution in [-0.2, 0) is 36.0 Å². The molecule has 1 aliphatic carbocycles. The van der Waals surface area contributed by atoms with E-state index < -0.39 is 11.2 Å². The largest absolute Gasteiger partial charge is 0.497 e. The summed E-state index contributed by atoms with van der Waals surface area (Å²) in [6, 6.07) is 6.88. The second-order valence-electron chi connectivity index (χ2n) is 8.76. The van der Waals surface area contributed by atoms with Crippen molar-refractivity contribution in [3.63, 3.8) is 0 Å². The number of nitrogens with zero attached hydrogens (tertiary/aromatic N) is 3. The van der Waals surface area contributed by atoms with Crippen molar-refractivity contribution in [2.45, 2.75) is 56.5 Å². The number of carbonyl (C=O) groups excluding carboxylic acids is 3. The van der Waals surface area contributed by atoms with E-state index in [-0.39, 0.29) is 25.0 Å². The summed E-state index contributed by atoms with van der Waals surface area (Å²) in [5.41, 5.74) is 1.97. The number of esters is 1. The first-order valence-corrected chi connectivity index (χ1v) is 14.1. The van der Waals surface area contributed by atoms with Crippen molar-refractivity contribution in [2.24, 2.45) is 7.05 Å². The Hall–Kier alpha value is -3.38. The Bertz CT molecular complexity index is 1340. The SMILES string of the molecule is CCOC(=O)c1c(NC(=O)[C@H](C)Sc2nnc(CNC(=O)c3cccc(OC)c3)n2C)sc2c1CCCC2. The summed E-state index contributed by atoms with van der Waals surface area (Å²) in [6.07, 6.45) is 3.81. The molecule has 1 aliphatic rings. The smallest absolute Gasteiger partial charge is 0.341 e. The quantitative estimate of drug-likeness (QED) is 0.283. The van der Waals surface area contributed by atoms with Crippen LogP contribution in [0.15, 0.2) is 29.4 Å². The molecule has 10 nitrogen and oxygen atoms in total. The fourth-order valence-corrected chi connectivity index (χ4v) is 6.24. The lowest BCUT2D eigenvalue weighted by Crippen LogP contribution is -2.25. The van der Waals surface area contributed by atoms with Crippen LogP contribution in [0, 0.1) is 0 Å². The van der Waals surface area contributed by atoms with Crippen LogP contribution < -0.4 is 15.4 Å². The number of ether oxygens (including phenoxy) is 2. The number of methoxy groups -OCH3 is 1. The van der Waals surface area contributed by atoms with Crippen molar-refractivity contribution >= 4 is 45.9 Å². The summed E-state index contributed by atoms with van der Waals surface area (Å²) in [5, 5.41) is 14.7. The van der Waals surface area contributed by atoms with Gasteiger partial charge in [0.05, 0.1) is 31.1 Å². The number of nitrogens with one attached hydrogen (secondary N) is 2. The molecule has 0 bridgehead atoms. The van der Waals surface area contributed by atoms with Gasteiger partial charge in [0.15, 0.2) is 11.0 Å². The molecule has 202 valence electrons. The molecule has 2 N–H and O–H groups in total. The van der Waals surface area contributed by atoms with Gasteiger partial charge in [-0.3, -0.25) is 9.59 Å². The molecule has 0 saturated heterocycles. The molecule has 2 amide bonds. The molecule has 38 heavy (non-hydrogen) atoms. The fraction of sp³-hybridized carbons (Fsp3) is 0.423. The second-order valence-corrected chi connectivity index (χ2v) is 11.2. The van der Waals surface area contributed by atoms with Crippen LogP contribution >= 0.6 is 23.1 Å². The summed E-state index contributed by atoms with van der Waals surface area (Å²) < 4.78 is 12.2. The average molecular weight is 558 g/mol. The third kappa shape index (κ3) is 6.18. The van der Waals surface area contributed by atoms with Crippen LogP contribution in [0.1, 0.15) is 63.7 Å². The maximum Gasteiger partial charge on any atom is 0.341 e. The molecule has 4 rings (SSSR count). The number of benzene rings is 1. The van der Waals surface area contributed by atoms with Crippen LogP contribution in [0.5, 0.6) is 5.75 Å². The zero-order chi connectivity index (χ0) is 27.2. The van der Waals surface area contributed by atoms with Gasteiger partial charge in [-0.05, 0) is 63.3 Å². The Morgan fingerprint density at radius 1 is 1.21 bits per heavy atom. The molecule has 0 radical (unpaired) electrons. The highest BCUT2D eigenvalue weighted by molar-refractivity contribution is 8.00. The van der Waals surface area contributed by atoms with Crippen molar-refractivity contribution < 1.29 is 23.9 Å². The predicted molar refractivity (Wildman–Crippen MR) is 146 cm³/mol. The van der Waals surface area contributed by atoms with Gasteiger partial charge < -0.3 is 24.7 Å². The molecule has 0 spiro atoms. The van der Waals surface area contributed by atoms with E-state index in [4.69, 9.17) is 9.47 Å². The van der Waals surface area contributed by atoms with Crippen LogP contribution in [-0.4, -0.2) is 51.5 Å². The molecule has 0 aliphatic heterocycles. The van der Waals surface area contributed by atoms with E-state index in [1.54, 1.807) is 56.8 Å². The number of hydrogen-bond acceptors (Lipinski definition) is 9. The standard InChI is InChI=1S/C26H31N5O5S2/c1-5-36-25(34)21-18-11-6-7-12-19(18)38-24(21)28-22(32)15(2)37-26-30-29-20(31(26)3)14-27-23(33)16-9-8-10-17(13-16)35-4/h8-10,13,15H,5-7,11-12,14H2,1-4H3,(H,27,33)(H,28,32)/t15-/m0/s1. The van der Waals surface area contributed by atoms with Crippen LogP contribution in [0.3, 0.4) is 0 Å². The maximum absolute atomic E-state index is 13.1. The van der Waals surface area contributed by atoms with Gasteiger partial charge in [-0.1, -0.05) is 17.8 Å². The number of amides is 2. The first-order valence-electron chi connectivity index (χ1n) is 12.4. The number of thioether (sulfide) groups is 1. The summed E-state index contributed by atoms with van der Waals surface area (Å²) in [6.45, 7) is 3.99. The molecule has 1 atom stereocenters. The predicted octanol–water partition coefficient (Wildman–Crippen LogP) is 3.99. The molecular formula is C26H31N5O5S2. The van der Waals surface area contributed by atoms with Gasteiger partial charge in [-0.25, -0.2) is 4.79 Å². The van der Waals surface area contributed by atoms with E-state index in [2.05, 4.69) is 20.8 Å². The topological polar surface area (TPSA) is 124 Å². The average Bonchev–Trinajstić information content (AvgIpc) is 3.46. The van der Waals surface area contributed by atoms with E-state index in [9.17, 15) is 14.4 Å². The molecular weight excluding hydrogens is 526 g/mol. The van der Waals surface area contributed by atoms with Crippen molar-refractivity contribution in [1.82, 2.24) is 20.1 Å². The molecule has 0 unspecified atom stereocenters. The van der Waals surface area contributed by atoms with Crippen LogP contribution in [0.25, 0.3) is 0 Å². The Morgan fingerprint density at radius 3 is 2.76 bits per heavy atom. The van der Waals surface area contributed by atoms with E-state index in [0.29, 0.717) is 32.9 Å². The lowest BCUT2D eigenvalue weighted by atomic mass is 9.95. The van der Waals surface area contributed by atoms with Crippen molar-refractivity contribution in [3.8, 4) is 5.75 Å². The number of thiophene rings is 1. The van der Waals surface area contributed by atoms with Gasteiger partial charge in [0.1, 0.15) is 10.8 Å². The fourth-order valence-electron chi connectivity index (χ4n) is 4.13. The van der Waals surface area contributed by atoms with Crippen LogP contribution in [0.2, 0.25) is 0 Å². The van der Waals surface area contributed by atoms with Gasteiger partial charge in [0.25, 0.3) is 5.91 Å². The number of hydrogen-bond donors (Lipinski definition) is 2. The minimum absolute atomic E-state index is 0.171. The van der Waals surface area contributed by atoms with Gasteiger partial charge in [0.2, 0.25) is 5.91 Å². The highest BCUT2D eigenvalue weighted by Gasteiger charge is 2.28. The summed E-state index contributed by atoms with van der Waals surface area (Å²) in [5.74, 6) is 0.252. The third-order valence-electron chi connectivity index (χ3n) is 6.20. The number of aromatic nitrogens is 3. The van der Waals surface area contributed by atoms with Gasteiger partial charge in [-0.2, -0.15) is 0 Å². The molecule has 2 aromatic heterocycles. The number of rotatable bonds is 10. The zero-order valence-corrected chi connectivity index (χ0v) is 23.5. The molecule has 3 aromatic rings. The third-order valence-corrected chi connectivity index (χ3v) is 8.54. The molecule has 2 heterocycles. The molecule has 0 saturated carbocycles.